The van der Waals surface area contributed by atoms with Crippen molar-refractivity contribution in [3.8, 4) is 11.5 Å². The zero-order valence-corrected chi connectivity index (χ0v) is 15.1. The molecular formula is C18H17FN2O7. The molecule has 2 aromatic carbocycles. The Balaban J connectivity index is 2.00. The first-order valence-electron chi connectivity index (χ1n) is 8.07. The van der Waals surface area contributed by atoms with Gasteiger partial charge in [-0.2, -0.15) is 0 Å². The number of nitro benzene ring substituents is 1. The van der Waals surface area contributed by atoms with Gasteiger partial charge < -0.3 is 19.5 Å². The van der Waals surface area contributed by atoms with Crippen LogP contribution < -0.4 is 14.8 Å². The molecule has 0 saturated heterocycles. The minimum absolute atomic E-state index is 0.120. The number of carbonyl (C=O) groups excluding carboxylic acids is 2. The van der Waals surface area contributed by atoms with Gasteiger partial charge in [-0.15, -0.1) is 0 Å². The maximum absolute atomic E-state index is 13.7. The van der Waals surface area contributed by atoms with E-state index in [0.717, 1.165) is 18.2 Å². The van der Waals surface area contributed by atoms with E-state index in [9.17, 15) is 24.1 Å². The molecule has 0 saturated carbocycles. The lowest BCUT2D eigenvalue weighted by Gasteiger charge is -2.11. The summed E-state index contributed by atoms with van der Waals surface area (Å²) in [5.74, 6) is -1.76. The predicted molar refractivity (Wildman–Crippen MR) is 96.1 cm³/mol. The molecule has 0 aliphatic heterocycles. The van der Waals surface area contributed by atoms with E-state index in [-0.39, 0.29) is 5.56 Å². The summed E-state index contributed by atoms with van der Waals surface area (Å²) in [7, 11) is 1.41. The van der Waals surface area contributed by atoms with Crippen LogP contribution in [-0.4, -0.2) is 37.1 Å². The maximum Gasteiger partial charge on any atom is 0.338 e. The number of rotatable bonds is 8. The molecule has 0 radical (unpaired) electrons. The third kappa shape index (κ3) is 5.16. The second kappa shape index (κ2) is 9.31. The highest BCUT2D eigenvalue weighted by molar-refractivity contribution is 5.96. The van der Waals surface area contributed by atoms with Gasteiger partial charge in [0.15, 0.2) is 18.1 Å². The number of amides is 1. The average Bonchev–Trinajstić information content (AvgIpc) is 2.68. The molecule has 28 heavy (non-hydrogen) atoms. The van der Waals surface area contributed by atoms with Crippen molar-refractivity contribution in [3.63, 3.8) is 0 Å². The second-order valence-electron chi connectivity index (χ2n) is 5.34. The molecule has 148 valence electrons. The molecule has 1 N–H and O–H groups in total. The molecule has 0 fully saturated rings. The van der Waals surface area contributed by atoms with E-state index in [1.165, 1.54) is 25.3 Å². The fraction of sp³-hybridized carbons (Fsp3) is 0.222. The van der Waals surface area contributed by atoms with Gasteiger partial charge in [-0.25, -0.2) is 9.18 Å². The highest BCUT2D eigenvalue weighted by atomic mass is 19.1. The van der Waals surface area contributed by atoms with Gasteiger partial charge in [-0.1, -0.05) is 0 Å². The lowest BCUT2D eigenvalue weighted by molar-refractivity contribution is -0.384. The summed E-state index contributed by atoms with van der Waals surface area (Å²) in [4.78, 5) is 34.0. The van der Waals surface area contributed by atoms with Crippen LogP contribution in [0.15, 0.2) is 36.4 Å². The maximum atomic E-state index is 13.7. The van der Waals surface area contributed by atoms with Crippen molar-refractivity contribution in [1.29, 1.82) is 0 Å². The number of benzene rings is 2. The number of hydrogen-bond acceptors (Lipinski definition) is 7. The molecule has 1 amide bonds. The standard InChI is InChI=1S/C18H17FN2O7/c1-3-27-15-7-4-11(8-16(15)26-2)18(23)28-10-17(22)20-14-9-12(21(24)25)5-6-13(14)19/h4-9H,3,10H2,1-2H3,(H,20,22). The second-order valence-corrected chi connectivity index (χ2v) is 5.34. The van der Waals surface area contributed by atoms with Gasteiger partial charge in [0.2, 0.25) is 0 Å². The van der Waals surface area contributed by atoms with Crippen molar-refractivity contribution in [3.05, 3.63) is 57.9 Å². The number of ether oxygens (including phenoxy) is 3. The van der Waals surface area contributed by atoms with E-state index >= 15 is 0 Å². The van der Waals surface area contributed by atoms with Gasteiger partial charge >= 0.3 is 5.97 Å². The van der Waals surface area contributed by atoms with Crippen molar-refractivity contribution in [2.24, 2.45) is 0 Å². The van der Waals surface area contributed by atoms with Crippen molar-refractivity contribution in [1.82, 2.24) is 0 Å². The number of nitrogens with one attached hydrogen (secondary N) is 1. The molecule has 10 heteroatoms. The van der Waals surface area contributed by atoms with E-state index in [2.05, 4.69) is 5.32 Å². The van der Waals surface area contributed by atoms with E-state index in [1.54, 1.807) is 6.92 Å². The number of nitro groups is 1. The number of esters is 1. The Hall–Kier alpha value is -3.69. The molecule has 0 aromatic heterocycles. The molecule has 0 aliphatic rings. The smallest absolute Gasteiger partial charge is 0.338 e. The minimum Gasteiger partial charge on any atom is -0.493 e. The Morgan fingerprint density at radius 2 is 1.93 bits per heavy atom. The minimum atomic E-state index is -0.860. The number of methoxy groups -OCH3 is 1. The summed E-state index contributed by atoms with van der Waals surface area (Å²) in [5, 5.41) is 12.8. The molecule has 0 bridgehead atoms. The summed E-state index contributed by atoms with van der Waals surface area (Å²) in [6, 6.07) is 7.04. The quantitative estimate of drug-likeness (QED) is 0.417. The lowest BCUT2D eigenvalue weighted by atomic mass is 10.2. The third-order valence-electron chi connectivity index (χ3n) is 3.47. The third-order valence-corrected chi connectivity index (χ3v) is 3.47. The first-order valence-corrected chi connectivity index (χ1v) is 8.07. The molecule has 0 heterocycles. The summed E-state index contributed by atoms with van der Waals surface area (Å²) in [6.07, 6.45) is 0. The van der Waals surface area contributed by atoms with E-state index in [4.69, 9.17) is 14.2 Å². The highest BCUT2D eigenvalue weighted by Gasteiger charge is 2.16. The Morgan fingerprint density at radius 3 is 2.57 bits per heavy atom. The first-order chi connectivity index (χ1) is 13.3. The Morgan fingerprint density at radius 1 is 1.18 bits per heavy atom. The van der Waals surface area contributed by atoms with Crippen LogP contribution in [0.25, 0.3) is 0 Å². The molecule has 0 spiro atoms. The summed E-state index contributed by atoms with van der Waals surface area (Å²) in [5.41, 5.74) is -0.664. The van der Waals surface area contributed by atoms with Gasteiger partial charge in [0.25, 0.3) is 11.6 Å². The van der Waals surface area contributed by atoms with Crippen LogP contribution >= 0.6 is 0 Å². The lowest BCUT2D eigenvalue weighted by Crippen LogP contribution is -2.21. The van der Waals surface area contributed by atoms with Crippen LogP contribution in [0.3, 0.4) is 0 Å². The van der Waals surface area contributed by atoms with Gasteiger partial charge in [0.1, 0.15) is 5.82 Å². The number of hydrogen-bond donors (Lipinski definition) is 1. The van der Waals surface area contributed by atoms with Crippen molar-refractivity contribution in [2.45, 2.75) is 6.92 Å². The highest BCUT2D eigenvalue weighted by Crippen LogP contribution is 2.28. The number of nitrogens with zero attached hydrogens (tertiary/aromatic N) is 1. The normalized spacial score (nSPS) is 10.1. The summed E-state index contributed by atoms with van der Waals surface area (Å²) >= 11 is 0. The number of halogens is 1. The van der Waals surface area contributed by atoms with Gasteiger partial charge in [-0.3, -0.25) is 14.9 Å². The predicted octanol–water partition coefficient (Wildman–Crippen LogP) is 2.94. The van der Waals surface area contributed by atoms with E-state index in [0.29, 0.717) is 18.1 Å². The van der Waals surface area contributed by atoms with E-state index in [1.807, 2.05) is 0 Å². The first kappa shape index (κ1) is 20.6. The monoisotopic (exact) mass is 392 g/mol. The molecule has 0 aliphatic carbocycles. The SMILES string of the molecule is CCOc1ccc(C(=O)OCC(=O)Nc2cc([N+](=O)[O-])ccc2F)cc1OC. The van der Waals surface area contributed by atoms with Crippen LogP contribution in [0.5, 0.6) is 11.5 Å². The largest absolute Gasteiger partial charge is 0.493 e. The Labute approximate surface area is 159 Å². The molecule has 9 nitrogen and oxygen atoms in total. The fourth-order valence-corrected chi connectivity index (χ4v) is 2.19. The zero-order valence-electron chi connectivity index (χ0n) is 15.1. The van der Waals surface area contributed by atoms with Gasteiger partial charge in [0.05, 0.1) is 29.9 Å². The van der Waals surface area contributed by atoms with Crippen LogP contribution in [0.4, 0.5) is 15.8 Å². The van der Waals surface area contributed by atoms with Crippen LogP contribution in [-0.2, 0) is 9.53 Å². The van der Waals surface area contributed by atoms with E-state index < -0.39 is 40.6 Å². The molecule has 2 rings (SSSR count). The molecule has 2 aromatic rings. The Kier molecular flexibility index (Phi) is 6.85. The fourth-order valence-electron chi connectivity index (χ4n) is 2.19. The van der Waals surface area contributed by atoms with Crippen LogP contribution in [0.1, 0.15) is 17.3 Å². The van der Waals surface area contributed by atoms with Crippen molar-refractivity contribution < 1.29 is 33.1 Å². The molecular weight excluding hydrogens is 375 g/mol. The number of carbonyl (C=O) groups is 2. The number of anilines is 1. The van der Waals surface area contributed by atoms with Crippen LogP contribution in [0, 0.1) is 15.9 Å². The molecule has 0 atom stereocenters. The van der Waals surface area contributed by atoms with Gasteiger partial charge in [0, 0.05) is 12.1 Å². The van der Waals surface area contributed by atoms with Crippen LogP contribution in [0.2, 0.25) is 0 Å². The summed E-state index contributed by atoms with van der Waals surface area (Å²) in [6.45, 7) is 1.50. The zero-order chi connectivity index (χ0) is 20.7. The topological polar surface area (TPSA) is 117 Å². The Bertz CT molecular complexity index is 901. The van der Waals surface area contributed by atoms with Crippen molar-refractivity contribution >= 4 is 23.3 Å². The molecule has 0 unspecified atom stereocenters. The number of non-ortho nitro benzene ring substituents is 1. The summed E-state index contributed by atoms with van der Waals surface area (Å²) < 4.78 is 29.0. The average molecular weight is 392 g/mol. The van der Waals surface area contributed by atoms with Gasteiger partial charge in [-0.05, 0) is 31.2 Å². The van der Waals surface area contributed by atoms with Crippen molar-refractivity contribution in [2.75, 3.05) is 25.6 Å².